The molecule has 2 aliphatic heterocycles. The number of nitriles is 1. The number of aromatic nitrogens is 1. The summed E-state index contributed by atoms with van der Waals surface area (Å²) in [6, 6.07) is 17.0. The van der Waals surface area contributed by atoms with Crippen LogP contribution in [0.2, 0.25) is 20.1 Å². The second-order valence-electron chi connectivity index (χ2n) is 12.9. The molecular weight excluding hydrogens is 690 g/mol. The minimum absolute atomic E-state index is 0.153. The van der Waals surface area contributed by atoms with Crippen molar-refractivity contribution in [2.45, 2.75) is 51.2 Å². The Morgan fingerprint density at radius 1 is 1.00 bits per heavy atom. The van der Waals surface area contributed by atoms with Crippen molar-refractivity contribution in [1.29, 1.82) is 5.26 Å². The van der Waals surface area contributed by atoms with Crippen LogP contribution in [0.15, 0.2) is 66.6 Å². The third-order valence-corrected chi connectivity index (χ3v) is 9.93. The van der Waals surface area contributed by atoms with Crippen molar-refractivity contribution in [2.24, 2.45) is 0 Å². The molecule has 6 rings (SSSR count). The van der Waals surface area contributed by atoms with Crippen molar-refractivity contribution in [3.05, 3.63) is 97.8 Å². The van der Waals surface area contributed by atoms with Gasteiger partial charge >= 0.3 is 0 Å². The van der Waals surface area contributed by atoms with Crippen LogP contribution < -0.4 is 26.3 Å². The van der Waals surface area contributed by atoms with Gasteiger partial charge in [0.2, 0.25) is 0 Å². The molecule has 1 atom stereocenters. The molecule has 250 valence electrons. The number of benzene rings is 3. The summed E-state index contributed by atoms with van der Waals surface area (Å²) < 4.78 is 5.40. The molecule has 0 bridgehead atoms. The number of piperidine rings is 1. The Hall–Kier alpha value is -3.62. The van der Waals surface area contributed by atoms with Crippen LogP contribution in [0, 0.1) is 11.3 Å². The molecule has 0 unspecified atom stereocenters. The van der Waals surface area contributed by atoms with Crippen molar-refractivity contribution in [2.75, 3.05) is 30.8 Å². The van der Waals surface area contributed by atoms with E-state index in [1.54, 1.807) is 12.1 Å². The van der Waals surface area contributed by atoms with Crippen LogP contribution in [-0.4, -0.2) is 46.7 Å². The highest BCUT2D eigenvalue weighted by atomic mass is 35.5. The van der Waals surface area contributed by atoms with Gasteiger partial charge in [-0.05, 0) is 69.5 Å². The van der Waals surface area contributed by atoms with E-state index in [4.69, 9.17) is 51.1 Å². The molecule has 1 saturated heterocycles. The third-order valence-electron chi connectivity index (χ3n) is 8.79. The molecule has 1 fully saturated rings. The summed E-state index contributed by atoms with van der Waals surface area (Å²) in [5, 5.41) is 21.6. The number of hydrazine groups is 2. The highest BCUT2D eigenvalue weighted by Crippen LogP contribution is 2.40. The van der Waals surface area contributed by atoms with Crippen molar-refractivity contribution in [1.82, 2.24) is 25.9 Å². The molecule has 1 aromatic heterocycles. The Kier molecular flexibility index (Phi) is 10.0. The summed E-state index contributed by atoms with van der Waals surface area (Å²) in [6.45, 7) is 8.87. The fourth-order valence-electron chi connectivity index (χ4n) is 6.14. The number of hydrogen-bond donors (Lipinski definition) is 4. The van der Waals surface area contributed by atoms with Gasteiger partial charge in [0.25, 0.3) is 0 Å². The van der Waals surface area contributed by atoms with Gasteiger partial charge < -0.3 is 20.8 Å². The predicted molar refractivity (Wildman–Crippen MR) is 196 cm³/mol. The largest absolute Gasteiger partial charge is 0.495 e. The zero-order chi connectivity index (χ0) is 34.2. The summed E-state index contributed by atoms with van der Waals surface area (Å²) in [5.74, 6) is 0.436. The monoisotopic (exact) mass is 724 g/mol. The number of pyridine rings is 1. The van der Waals surface area contributed by atoms with Gasteiger partial charge in [0.1, 0.15) is 11.8 Å². The molecule has 0 spiro atoms. The number of likely N-dealkylation sites (tertiary alicyclic amines) is 1. The van der Waals surface area contributed by atoms with Gasteiger partial charge in [0.05, 0.1) is 56.4 Å². The van der Waals surface area contributed by atoms with Crippen molar-refractivity contribution >= 4 is 74.4 Å². The van der Waals surface area contributed by atoms with Crippen molar-refractivity contribution in [3.63, 3.8) is 0 Å². The maximum atomic E-state index is 10.1. The summed E-state index contributed by atoms with van der Waals surface area (Å²) in [5.41, 5.74) is 11.4. The molecule has 0 aliphatic carbocycles. The lowest BCUT2D eigenvalue weighted by Gasteiger charge is -2.42. The standard InChI is InChI=1S/C35H36Cl4N8O/c1-35(2,3)46-11-9-24(10-12-46)47-19-30(44-45-47)33(20-5-7-22(36)8-6-20)42-23-13-25-32(21(17-40)18-41-34(25)28(39)14-23)43-29-16-31(48-4)27(38)15-26(29)37/h5-8,13-16,18-19,24,33,42,44-45H,9-12H2,1-4H3,(H,41,43)/t33-/m0/s1. The summed E-state index contributed by atoms with van der Waals surface area (Å²) in [4.78, 5) is 7.05. The Balaban J connectivity index is 1.35. The zero-order valence-corrected chi connectivity index (χ0v) is 30.0. The van der Waals surface area contributed by atoms with Crippen LogP contribution in [0.1, 0.15) is 50.8 Å². The fraction of sp³-hybridized carbons (Fsp3) is 0.314. The van der Waals surface area contributed by atoms with E-state index in [1.165, 1.54) is 13.3 Å². The third kappa shape index (κ3) is 7.20. The SMILES string of the molecule is COc1cc(Nc2c(C#N)cnc3c(Cl)cc(N[C@H](C4=CN(C5CCN(C(C)(C)C)CC5)NN4)c4ccc(Cl)cc4)cc23)c(Cl)cc1Cl. The van der Waals surface area contributed by atoms with Gasteiger partial charge in [-0.15, -0.1) is 5.53 Å². The number of fused-ring (bicyclic) bond motifs is 1. The van der Waals surface area contributed by atoms with E-state index in [-0.39, 0.29) is 11.6 Å². The number of methoxy groups -OCH3 is 1. The quantitative estimate of drug-likeness (QED) is 0.142. The molecule has 3 heterocycles. The lowest BCUT2D eigenvalue weighted by Crippen LogP contribution is -2.52. The van der Waals surface area contributed by atoms with Crippen LogP contribution in [0.4, 0.5) is 17.1 Å². The topological polar surface area (TPSA) is 101 Å². The second kappa shape index (κ2) is 14.1. The van der Waals surface area contributed by atoms with E-state index in [0.717, 1.165) is 37.2 Å². The summed E-state index contributed by atoms with van der Waals surface area (Å²) in [7, 11) is 1.52. The fourth-order valence-corrected chi connectivity index (χ4v) is 7.04. The number of nitrogens with one attached hydrogen (secondary N) is 4. The lowest BCUT2D eigenvalue weighted by atomic mass is 9.98. The van der Waals surface area contributed by atoms with Crippen LogP contribution in [0.25, 0.3) is 10.9 Å². The van der Waals surface area contributed by atoms with Crippen molar-refractivity contribution < 1.29 is 4.74 Å². The van der Waals surface area contributed by atoms with Crippen LogP contribution in [-0.2, 0) is 0 Å². The minimum atomic E-state index is -0.304. The maximum Gasteiger partial charge on any atom is 0.139 e. The zero-order valence-electron chi connectivity index (χ0n) is 27.0. The van der Waals surface area contributed by atoms with E-state index >= 15 is 0 Å². The van der Waals surface area contributed by atoms with Gasteiger partial charge in [0, 0.05) is 59.2 Å². The van der Waals surface area contributed by atoms with Crippen LogP contribution >= 0.6 is 46.4 Å². The first-order valence-corrected chi connectivity index (χ1v) is 17.1. The number of rotatable bonds is 8. The number of ether oxygens (including phenoxy) is 1. The average Bonchev–Trinajstić information content (AvgIpc) is 3.55. The Morgan fingerprint density at radius 2 is 1.73 bits per heavy atom. The van der Waals surface area contributed by atoms with E-state index in [1.807, 2.05) is 36.4 Å². The molecule has 48 heavy (non-hydrogen) atoms. The van der Waals surface area contributed by atoms with Crippen LogP contribution in [0.3, 0.4) is 0 Å². The Morgan fingerprint density at radius 3 is 2.40 bits per heavy atom. The highest BCUT2D eigenvalue weighted by Gasteiger charge is 2.32. The molecule has 0 saturated carbocycles. The molecule has 13 heteroatoms. The molecule has 0 radical (unpaired) electrons. The first-order valence-electron chi connectivity index (χ1n) is 15.6. The number of nitrogens with zero attached hydrogens (tertiary/aromatic N) is 4. The van der Waals surface area contributed by atoms with E-state index < -0.39 is 0 Å². The van der Waals surface area contributed by atoms with Crippen LogP contribution in [0.5, 0.6) is 5.75 Å². The Labute approximate surface area is 300 Å². The predicted octanol–water partition coefficient (Wildman–Crippen LogP) is 9.05. The first-order chi connectivity index (χ1) is 22.9. The smallest absolute Gasteiger partial charge is 0.139 e. The normalized spacial score (nSPS) is 16.3. The summed E-state index contributed by atoms with van der Waals surface area (Å²) in [6.07, 6.45) is 5.70. The second-order valence-corrected chi connectivity index (χ2v) is 14.5. The average molecular weight is 727 g/mol. The van der Waals surface area contributed by atoms with E-state index in [0.29, 0.717) is 65.4 Å². The summed E-state index contributed by atoms with van der Waals surface area (Å²) >= 11 is 26.0. The Bertz CT molecular complexity index is 1900. The van der Waals surface area contributed by atoms with E-state index in [2.05, 4.69) is 69.5 Å². The van der Waals surface area contributed by atoms with Gasteiger partial charge in [-0.3, -0.25) is 14.9 Å². The molecule has 9 nitrogen and oxygen atoms in total. The van der Waals surface area contributed by atoms with Crippen molar-refractivity contribution in [3.8, 4) is 11.8 Å². The molecule has 0 amide bonds. The first kappa shape index (κ1) is 34.3. The minimum Gasteiger partial charge on any atom is -0.495 e. The number of anilines is 3. The number of halogens is 4. The van der Waals surface area contributed by atoms with Gasteiger partial charge in [0.15, 0.2) is 0 Å². The number of hydrogen-bond acceptors (Lipinski definition) is 9. The molecule has 2 aliphatic rings. The molecule has 4 aromatic rings. The molecule has 3 aromatic carbocycles. The highest BCUT2D eigenvalue weighted by molar-refractivity contribution is 6.38. The van der Waals surface area contributed by atoms with E-state index in [9.17, 15) is 5.26 Å². The maximum absolute atomic E-state index is 10.1. The van der Waals surface area contributed by atoms with Gasteiger partial charge in [-0.2, -0.15) is 5.26 Å². The van der Waals surface area contributed by atoms with Gasteiger partial charge in [-0.1, -0.05) is 58.5 Å². The lowest BCUT2D eigenvalue weighted by molar-refractivity contribution is 0.0570. The van der Waals surface area contributed by atoms with Gasteiger partial charge in [-0.25, -0.2) is 0 Å². The molecular formula is C35H36Cl4N8O. The molecule has 4 N–H and O–H groups in total.